The van der Waals surface area contributed by atoms with Crippen LogP contribution in [0.2, 0.25) is 0 Å². The Hall–Kier alpha value is -0.340. The molecule has 74 valence electrons. The average Bonchev–Trinajstić information content (AvgIpc) is 2.78. The van der Waals surface area contributed by atoms with Crippen molar-refractivity contribution >= 4 is 15.9 Å². The molecule has 2 atom stereocenters. The molecule has 0 spiro atoms. The van der Waals surface area contributed by atoms with Crippen molar-refractivity contribution in [3.05, 3.63) is 34.3 Å². The number of fused-ring (bicyclic) bond motifs is 2. The number of piperidine rings is 1. The summed E-state index contributed by atoms with van der Waals surface area (Å²) in [5, 5.41) is 3.60. The molecule has 0 amide bonds. The molecule has 0 aromatic heterocycles. The van der Waals surface area contributed by atoms with Gasteiger partial charge in [0.1, 0.15) is 0 Å². The Morgan fingerprint density at radius 1 is 1.43 bits per heavy atom. The second-order valence-electron chi connectivity index (χ2n) is 4.61. The molecule has 1 heterocycles. The fraction of sp³-hybridized carbons (Fsp3) is 0.500. The van der Waals surface area contributed by atoms with Gasteiger partial charge < -0.3 is 5.32 Å². The molecule has 2 bridgehead atoms. The van der Waals surface area contributed by atoms with Gasteiger partial charge in [-0.3, -0.25) is 0 Å². The van der Waals surface area contributed by atoms with Crippen molar-refractivity contribution in [2.45, 2.75) is 30.7 Å². The van der Waals surface area contributed by atoms with E-state index in [0.29, 0.717) is 5.41 Å². The van der Waals surface area contributed by atoms with Crippen molar-refractivity contribution in [1.82, 2.24) is 5.32 Å². The first-order chi connectivity index (χ1) is 6.78. The van der Waals surface area contributed by atoms with Crippen LogP contribution in [0.1, 0.15) is 24.8 Å². The highest BCUT2D eigenvalue weighted by atomic mass is 79.9. The monoisotopic (exact) mass is 251 g/mol. The van der Waals surface area contributed by atoms with E-state index in [1.165, 1.54) is 35.8 Å². The molecule has 3 rings (SSSR count). The van der Waals surface area contributed by atoms with E-state index in [9.17, 15) is 0 Å². The largest absolute Gasteiger partial charge is 0.313 e. The van der Waals surface area contributed by atoms with E-state index in [0.717, 1.165) is 6.04 Å². The Morgan fingerprint density at radius 3 is 2.93 bits per heavy atom. The normalized spacial score (nSPS) is 35.1. The number of hydrogen-bond acceptors (Lipinski definition) is 1. The third kappa shape index (κ3) is 1.24. The van der Waals surface area contributed by atoms with Crippen LogP contribution in [-0.2, 0) is 5.41 Å². The van der Waals surface area contributed by atoms with Gasteiger partial charge in [0.2, 0.25) is 0 Å². The quantitative estimate of drug-likeness (QED) is 0.810. The van der Waals surface area contributed by atoms with Gasteiger partial charge in [0, 0.05) is 22.5 Å². The number of benzene rings is 1. The second kappa shape index (κ2) is 3.07. The highest BCUT2D eigenvalue weighted by Gasteiger charge is 2.45. The van der Waals surface area contributed by atoms with Crippen molar-refractivity contribution in [3.63, 3.8) is 0 Å². The maximum atomic E-state index is 3.60. The molecule has 2 fully saturated rings. The molecule has 1 N–H and O–H groups in total. The number of nitrogens with one attached hydrogen (secondary N) is 1. The summed E-state index contributed by atoms with van der Waals surface area (Å²) < 4.78 is 1.21. The second-order valence-corrected chi connectivity index (χ2v) is 5.53. The van der Waals surface area contributed by atoms with Crippen molar-refractivity contribution in [2.24, 2.45) is 0 Å². The van der Waals surface area contributed by atoms with Crippen LogP contribution in [0.5, 0.6) is 0 Å². The minimum Gasteiger partial charge on any atom is -0.313 e. The highest BCUT2D eigenvalue weighted by Crippen LogP contribution is 2.45. The van der Waals surface area contributed by atoms with Crippen LogP contribution in [0.25, 0.3) is 0 Å². The predicted molar refractivity (Wildman–Crippen MR) is 61.5 cm³/mol. The summed E-state index contributed by atoms with van der Waals surface area (Å²) >= 11 is 3.56. The van der Waals surface area contributed by atoms with Gasteiger partial charge in [0.15, 0.2) is 0 Å². The molecule has 1 aliphatic heterocycles. The van der Waals surface area contributed by atoms with E-state index in [1.807, 2.05) is 0 Å². The first-order valence-electron chi connectivity index (χ1n) is 5.28. The first-order valence-corrected chi connectivity index (χ1v) is 6.07. The van der Waals surface area contributed by atoms with E-state index in [-0.39, 0.29) is 0 Å². The Kier molecular flexibility index (Phi) is 1.96. The topological polar surface area (TPSA) is 12.0 Å². The van der Waals surface area contributed by atoms with Gasteiger partial charge in [-0.25, -0.2) is 0 Å². The Bertz CT molecular complexity index is 353. The molecule has 1 nitrogen and oxygen atoms in total. The third-order valence-electron chi connectivity index (χ3n) is 3.77. The standard InChI is InChI=1S/C12H14BrN/c13-10-3-1-2-9(6-10)12-5-4-11(7-12)14-8-12/h1-3,6,11,14H,4-5,7-8H2. The lowest BCUT2D eigenvalue weighted by Gasteiger charge is -2.27. The summed E-state index contributed by atoms with van der Waals surface area (Å²) in [4.78, 5) is 0. The van der Waals surface area contributed by atoms with E-state index in [1.54, 1.807) is 0 Å². The van der Waals surface area contributed by atoms with Gasteiger partial charge in [0.25, 0.3) is 0 Å². The molecule has 14 heavy (non-hydrogen) atoms. The van der Waals surface area contributed by atoms with Gasteiger partial charge in [-0.2, -0.15) is 0 Å². The lowest BCUT2D eigenvalue weighted by atomic mass is 9.80. The predicted octanol–water partition coefficient (Wildman–Crippen LogP) is 2.84. The van der Waals surface area contributed by atoms with Gasteiger partial charge in [0.05, 0.1) is 0 Å². The van der Waals surface area contributed by atoms with Crippen molar-refractivity contribution in [3.8, 4) is 0 Å². The lowest BCUT2D eigenvalue weighted by molar-refractivity contribution is 0.439. The fourth-order valence-electron chi connectivity index (χ4n) is 2.98. The molecule has 1 saturated carbocycles. The lowest BCUT2D eigenvalue weighted by Crippen LogP contribution is -2.32. The summed E-state index contributed by atoms with van der Waals surface area (Å²) in [6.45, 7) is 1.17. The van der Waals surface area contributed by atoms with Crippen molar-refractivity contribution < 1.29 is 0 Å². The zero-order valence-corrected chi connectivity index (χ0v) is 9.68. The first kappa shape index (κ1) is 8.93. The molecule has 2 aliphatic rings. The van der Waals surface area contributed by atoms with Crippen LogP contribution >= 0.6 is 15.9 Å². The van der Waals surface area contributed by atoms with Crippen LogP contribution in [0.4, 0.5) is 0 Å². The van der Waals surface area contributed by atoms with Crippen LogP contribution < -0.4 is 5.32 Å². The van der Waals surface area contributed by atoms with Crippen LogP contribution in [-0.4, -0.2) is 12.6 Å². The van der Waals surface area contributed by atoms with E-state index < -0.39 is 0 Å². The van der Waals surface area contributed by atoms with Gasteiger partial charge >= 0.3 is 0 Å². The Morgan fingerprint density at radius 2 is 2.36 bits per heavy atom. The van der Waals surface area contributed by atoms with Gasteiger partial charge in [-0.05, 0) is 37.0 Å². The van der Waals surface area contributed by atoms with E-state index in [2.05, 4.69) is 45.5 Å². The maximum Gasteiger partial charge on any atom is 0.0178 e. The summed E-state index contributed by atoms with van der Waals surface area (Å²) in [7, 11) is 0. The Balaban J connectivity index is 2.02. The average molecular weight is 252 g/mol. The van der Waals surface area contributed by atoms with Crippen LogP contribution in [0, 0.1) is 0 Å². The van der Waals surface area contributed by atoms with Gasteiger partial charge in [-0.15, -0.1) is 0 Å². The molecular formula is C12H14BrN. The number of halogens is 1. The maximum absolute atomic E-state index is 3.60. The summed E-state index contributed by atoms with van der Waals surface area (Å²) in [5.74, 6) is 0. The minimum absolute atomic E-state index is 0.453. The molecule has 2 unspecified atom stereocenters. The smallest absolute Gasteiger partial charge is 0.0178 e. The third-order valence-corrected chi connectivity index (χ3v) is 4.27. The van der Waals surface area contributed by atoms with Crippen molar-refractivity contribution in [1.29, 1.82) is 0 Å². The number of hydrogen-bond donors (Lipinski definition) is 1. The molecular weight excluding hydrogens is 238 g/mol. The van der Waals surface area contributed by atoms with Crippen LogP contribution in [0.15, 0.2) is 28.7 Å². The fourth-order valence-corrected chi connectivity index (χ4v) is 3.38. The summed E-state index contributed by atoms with van der Waals surface area (Å²) in [6, 6.07) is 9.61. The summed E-state index contributed by atoms with van der Waals surface area (Å²) in [5.41, 5.74) is 1.97. The zero-order valence-electron chi connectivity index (χ0n) is 8.09. The van der Waals surface area contributed by atoms with E-state index >= 15 is 0 Å². The Labute approximate surface area is 93.0 Å². The minimum atomic E-state index is 0.453. The highest BCUT2D eigenvalue weighted by molar-refractivity contribution is 9.10. The van der Waals surface area contributed by atoms with Crippen molar-refractivity contribution in [2.75, 3.05) is 6.54 Å². The molecule has 1 aromatic carbocycles. The van der Waals surface area contributed by atoms with E-state index in [4.69, 9.17) is 0 Å². The molecule has 1 aliphatic carbocycles. The molecule has 1 aromatic rings. The number of rotatable bonds is 1. The van der Waals surface area contributed by atoms with Crippen LogP contribution in [0.3, 0.4) is 0 Å². The summed E-state index contributed by atoms with van der Waals surface area (Å²) in [6.07, 6.45) is 4.05. The zero-order chi connectivity index (χ0) is 9.60. The molecule has 1 saturated heterocycles. The SMILES string of the molecule is Brc1cccc(C23CCC(C2)NC3)c1. The molecule has 2 heteroatoms. The molecule has 0 radical (unpaired) electrons. The van der Waals surface area contributed by atoms with Gasteiger partial charge in [-0.1, -0.05) is 28.1 Å².